The van der Waals surface area contributed by atoms with Gasteiger partial charge in [0.15, 0.2) is 17.2 Å². The smallest absolute Gasteiger partial charge is 0.256 e. The molecule has 4 rings (SSSR count). The number of aromatic nitrogens is 1. The van der Waals surface area contributed by atoms with E-state index in [0.29, 0.717) is 40.4 Å². The van der Waals surface area contributed by atoms with Gasteiger partial charge in [-0.2, -0.15) is 0 Å². The van der Waals surface area contributed by atoms with Crippen LogP contribution in [0.25, 0.3) is 22.0 Å². The van der Waals surface area contributed by atoms with Gasteiger partial charge in [-0.3, -0.25) is 4.79 Å². The Balaban J connectivity index is 1.96. The van der Waals surface area contributed by atoms with Gasteiger partial charge >= 0.3 is 0 Å². The molecule has 128 valence electrons. The number of ether oxygens (including phenoxy) is 3. The Morgan fingerprint density at radius 2 is 1.96 bits per heavy atom. The highest BCUT2D eigenvalue weighted by Crippen LogP contribution is 2.39. The minimum absolute atomic E-state index is 0.156. The van der Waals surface area contributed by atoms with Gasteiger partial charge in [0, 0.05) is 17.5 Å². The maximum atomic E-state index is 13.5. The second kappa shape index (κ2) is 6.10. The molecule has 6 nitrogen and oxygen atoms in total. The summed E-state index contributed by atoms with van der Waals surface area (Å²) in [6.45, 7) is 0.724. The zero-order valence-electron chi connectivity index (χ0n) is 13.2. The second-order valence-electron chi connectivity index (χ2n) is 5.55. The SMILES string of the molecule is NCCOc1c(-c2ccc3c(c2)OCO3)[nH]c(=O)c2cc(F)ccc12. The van der Waals surface area contributed by atoms with Gasteiger partial charge in [-0.05, 0) is 36.4 Å². The van der Waals surface area contributed by atoms with Gasteiger partial charge in [-0.15, -0.1) is 0 Å². The van der Waals surface area contributed by atoms with E-state index >= 15 is 0 Å². The first-order valence-electron chi connectivity index (χ1n) is 7.76. The van der Waals surface area contributed by atoms with Gasteiger partial charge in [0.05, 0.1) is 11.1 Å². The van der Waals surface area contributed by atoms with Crippen LogP contribution in [0, 0.1) is 5.82 Å². The summed E-state index contributed by atoms with van der Waals surface area (Å²) < 4.78 is 30.0. The molecule has 25 heavy (non-hydrogen) atoms. The Hall–Kier alpha value is -3.06. The average molecular weight is 342 g/mol. The summed E-state index contributed by atoms with van der Waals surface area (Å²) in [5.41, 5.74) is 6.32. The number of nitrogens with one attached hydrogen (secondary N) is 1. The van der Waals surface area contributed by atoms with Crippen molar-refractivity contribution in [2.24, 2.45) is 5.73 Å². The van der Waals surface area contributed by atoms with E-state index in [4.69, 9.17) is 19.9 Å². The van der Waals surface area contributed by atoms with Gasteiger partial charge < -0.3 is 24.9 Å². The molecule has 2 aromatic carbocycles. The van der Waals surface area contributed by atoms with Crippen LogP contribution in [0.1, 0.15) is 0 Å². The van der Waals surface area contributed by atoms with Crippen molar-refractivity contribution in [2.45, 2.75) is 0 Å². The average Bonchev–Trinajstić information content (AvgIpc) is 3.08. The normalized spacial score (nSPS) is 12.6. The molecule has 2 heterocycles. The summed E-state index contributed by atoms with van der Waals surface area (Å²) in [7, 11) is 0. The number of H-pyrrole nitrogens is 1. The summed E-state index contributed by atoms with van der Waals surface area (Å²) in [4.78, 5) is 15.2. The van der Waals surface area contributed by atoms with E-state index in [1.807, 2.05) is 0 Å². The third-order valence-corrected chi connectivity index (χ3v) is 3.96. The topological polar surface area (TPSA) is 86.6 Å². The molecule has 1 aliphatic heterocycles. The minimum Gasteiger partial charge on any atom is -0.489 e. The van der Waals surface area contributed by atoms with Gasteiger partial charge in [0.1, 0.15) is 12.4 Å². The van der Waals surface area contributed by atoms with E-state index in [-0.39, 0.29) is 18.8 Å². The fourth-order valence-electron chi connectivity index (χ4n) is 2.84. The van der Waals surface area contributed by atoms with E-state index in [1.165, 1.54) is 18.2 Å². The van der Waals surface area contributed by atoms with Crippen molar-refractivity contribution in [3.63, 3.8) is 0 Å². The van der Waals surface area contributed by atoms with Crippen molar-refractivity contribution in [1.29, 1.82) is 0 Å². The number of halogens is 1. The van der Waals surface area contributed by atoms with Crippen LogP contribution in [-0.2, 0) is 0 Å². The van der Waals surface area contributed by atoms with Crippen LogP contribution in [0.15, 0.2) is 41.2 Å². The molecule has 0 saturated carbocycles. The van der Waals surface area contributed by atoms with E-state index in [0.717, 1.165) is 0 Å². The molecule has 3 N–H and O–H groups in total. The Morgan fingerprint density at radius 3 is 2.80 bits per heavy atom. The van der Waals surface area contributed by atoms with Gasteiger partial charge in [-0.25, -0.2) is 4.39 Å². The van der Waals surface area contributed by atoms with Crippen LogP contribution in [0.4, 0.5) is 4.39 Å². The van der Waals surface area contributed by atoms with Crippen LogP contribution in [0.2, 0.25) is 0 Å². The number of pyridine rings is 1. The molecule has 0 unspecified atom stereocenters. The lowest BCUT2D eigenvalue weighted by atomic mass is 10.0. The predicted octanol–water partition coefficient (Wildman–Crippen LogP) is 2.40. The first kappa shape index (κ1) is 15.5. The molecule has 7 heteroatoms. The standard InChI is InChI=1S/C18H15FN2O4/c19-11-2-3-12-13(8-11)18(22)21-16(17(12)23-6-5-20)10-1-4-14-15(7-10)25-9-24-14/h1-4,7-8H,5-6,9,20H2,(H,21,22). The van der Waals surface area contributed by atoms with Crippen LogP contribution >= 0.6 is 0 Å². The highest BCUT2D eigenvalue weighted by molar-refractivity contribution is 5.93. The van der Waals surface area contributed by atoms with Crippen LogP contribution in [0.3, 0.4) is 0 Å². The Morgan fingerprint density at radius 1 is 1.12 bits per heavy atom. The first-order valence-corrected chi connectivity index (χ1v) is 7.76. The molecule has 0 saturated heterocycles. The van der Waals surface area contributed by atoms with Crippen molar-refractivity contribution < 1.29 is 18.6 Å². The number of nitrogens with two attached hydrogens (primary N) is 1. The lowest BCUT2D eigenvalue weighted by molar-refractivity contribution is 0.174. The van der Waals surface area contributed by atoms with E-state index in [9.17, 15) is 9.18 Å². The van der Waals surface area contributed by atoms with Crippen molar-refractivity contribution in [3.8, 4) is 28.5 Å². The van der Waals surface area contributed by atoms with Crippen LogP contribution < -0.4 is 25.5 Å². The predicted molar refractivity (Wildman–Crippen MR) is 90.6 cm³/mol. The fourth-order valence-corrected chi connectivity index (χ4v) is 2.84. The quantitative estimate of drug-likeness (QED) is 0.760. The molecule has 0 fully saturated rings. The minimum atomic E-state index is -0.487. The lowest BCUT2D eigenvalue weighted by Gasteiger charge is -2.14. The third kappa shape index (κ3) is 2.68. The molecule has 0 bridgehead atoms. The highest BCUT2D eigenvalue weighted by atomic mass is 19.1. The van der Waals surface area contributed by atoms with Crippen molar-refractivity contribution in [2.75, 3.05) is 19.9 Å². The van der Waals surface area contributed by atoms with Crippen molar-refractivity contribution in [3.05, 3.63) is 52.6 Å². The zero-order chi connectivity index (χ0) is 17.4. The fraction of sp³-hybridized carbons (Fsp3) is 0.167. The first-order chi connectivity index (χ1) is 12.2. The van der Waals surface area contributed by atoms with E-state index < -0.39 is 11.4 Å². The maximum absolute atomic E-state index is 13.5. The Labute approximate surface area is 141 Å². The largest absolute Gasteiger partial charge is 0.489 e. The number of hydrogen-bond acceptors (Lipinski definition) is 5. The number of aromatic amines is 1. The maximum Gasteiger partial charge on any atom is 0.256 e. The molecular formula is C18H15FN2O4. The summed E-state index contributed by atoms with van der Waals surface area (Å²) in [6.07, 6.45) is 0. The molecule has 3 aromatic rings. The summed E-state index contributed by atoms with van der Waals surface area (Å²) in [5.74, 6) is 1.18. The summed E-state index contributed by atoms with van der Waals surface area (Å²) in [6, 6.07) is 9.33. The van der Waals surface area contributed by atoms with Gasteiger partial charge in [0.25, 0.3) is 5.56 Å². The molecule has 0 spiro atoms. The zero-order valence-corrected chi connectivity index (χ0v) is 13.2. The van der Waals surface area contributed by atoms with Crippen molar-refractivity contribution >= 4 is 10.8 Å². The monoisotopic (exact) mass is 342 g/mol. The van der Waals surface area contributed by atoms with E-state index in [2.05, 4.69) is 4.98 Å². The Kier molecular flexibility index (Phi) is 3.77. The van der Waals surface area contributed by atoms with Gasteiger partial charge in [-0.1, -0.05) is 0 Å². The molecule has 0 radical (unpaired) electrons. The molecule has 0 atom stereocenters. The number of rotatable bonds is 4. The Bertz CT molecular complexity index is 1020. The molecular weight excluding hydrogens is 327 g/mol. The summed E-state index contributed by atoms with van der Waals surface area (Å²) in [5, 5.41) is 0.739. The molecule has 0 aliphatic carbocycles. The van der Waals surface area contributed by atoms with Crippen molar-refractivity contribution in [1.82, 2.24) is 4.98 Å². The van der Waals surface area contributed by atoms with E-state index in [1.54, 1.807) is 18.2 Å². The number of fused-ring (bicyclic) bond motifs is 2. The highest BCUT2D eigenvalue weighted by Gasteiger charge is 2.19. The lowest BCUT2D eigenvalue weighted by Crippen LogP contribution is -2.15. The molecule has 1 aliphatic rings. The van der Waals surface area contributed by atoms with Crippen LogP contribution in [0.5, 0.6) is 17.2 Å². The molecule has 1 aromatic heterocycles. The second-order valence-corrected chi connectivity index (χ2v) is 5.55. The summed E-state index contributed by atoms with van der Waals surface area (Å²) >= 11 is 0. The number of benzene rings is 2. The van der Waals surface area contributed by atoms with Gasteiger partial charge in [0.2, 0.25) is 6.79 Å². The number of hydrogen-bond donors (Lipinski definition) is 2. The third-order valence-electron chi connectivity index (χ3n) is 3.96. The van der Waals surface area contributed by atoms with Crippen LogP contribution in [-0.4, -0.2) is 24.9 Å². The molecule has 0 amide bonds.